The summed E-state index contributed by atoms with van der Waals surface area (Å²) in [7, 11) is 0. The summed E-state index contributed by atoms with van der Waals surface area (Å²) in [6.45, 7) is 11.1. The first-order valence-electron chi connectivity index (χ1n) is 35.7. The molecule has 0 radical (unpaired) electrons. The molecule has 4 aromatic rings. The lowest BCUT2D eigenvalue weighted by atomic mass is 10.1. The van der Waals surface area contributed by atoms with Crippen molar-refractivity contribution in [3.05, 3.63) is 147 Å². The van der Waals surface area contributed by atoms with Gasteiger partial charge in [-0.2, -0.15) is 0 Å². The van der Waals surface area contributed by atoms with Crippen molar-refractivity contribution < 1.29 is 57.1 Å². The zero-order valence-corrected chi connectivity index (χ0v) is 60.3. The highest BCUT2D eigenvalue weighted by Crippen LogP contribution is 2.60. The van der Waals surface area contributed by atoms with E-state index in [9.17, 15) is 19.2 Å². The van der Waals surface area contributed by atoms with Crippen LogP contribution in [0.4, 0.5) is 0 Å². The maximum atomic E-state index is 13.7. The third kappa shape index (κ3) is 31.2. The molecule has 2 aliphatic rings. The van der Waals surface area contributed by atoms with Gasteiger partial charge in [0, 0.05) is 19.6 Å². The molecular formula is C78H108O12S4. The molecule has 94 heavy (non-hydrogen) atoms. The molecule has 0 spiro atoms. The molecule has 0 aromatic heterocycles. The van der Waals surface area contributed by atoms with E-state index in [0.717, 1.165) is 59.8 Å². The van der Waals surface area contributed by atoms with E-state index in [-0.39, 0.29) is 26.4 Å². The summed E-state index contributed by atoms with van der Waals surface area (Å²) in [5.74, 6) is 0.771. The number of unbranched alkanes of at least 4 members (excludes halogenated alkanes) is 28. The monoisotopic (exact) mass is 1360 g/mol. The lowest BCUT2D eigenvalue weighted by Crippen LogP contribution is -2.10. The average molecular weight is 1370 g/mol. The maximum absolute atomic E-state index is 13.7. The van der Waals surface area contributed by atoms with Crippen molar-refractivity contribution in [2.24, 2.45) is 0 Å². The van der Waals surface area contributed by atoms with Crippen LogP contribution in [0.5, 0.6) is 23.0 Å². The molecule has 0 fully saturated rings. The second kappa shape index (κ2) is 48.3. The van der Waals surface area contributed by atoms with Gasteiger partial charge < -0.3 is 37.9 Å². The van der Waals surface area contributed by atoms with Gasteiger partial charge in [-0.3, -0.25) is 0 Å². The van der Waals surface area contributed by atoms with Crippen molar-refractivity contribution in [2.45, 2.75) is 233 Å². The average Bonchev–Trinajstić information content (AvgIpc) is 1.69. The van der Waals surface area contributed by atoms with E-state index in [1.807, 2.05) is 0 Å². The standard InChI is InChI=1S/C78H108O12S4/c1-5-9-13-17-21-25-29-33-53-83-65-45-37-61(38-46-65)73(79)87-57-69-70(58-88-74(80)62-39-47-66(48-40-62)84-54-34-30-26-22-18-14-10-6-2)92-77(91-69)78-93-71(59-89-75(81)63-41-49-67(50-42-63)85-55-35-31-27-23-19-15-11-7-3)72(94-78)60-90-76(82)64-43-51-68(52-44-64)86-56-36-32-28-24-20-16-12-8-4/h37-52H,5-36,53-60H2,1-4H3. The Morgan fingerprint density at radius 3 is 0.596 bits per heavy atom. The van der Waals surface area contributed by atoms with E-state index in [0.29, 0.717) is 91.3 Å². The quantitative estimate of drug-likeness (QED) is 0.0235. The summed E-state index contributed by atoms with van der Waals surface area (Å²) in [5.41, 5.74) is 1.53. The summed E-state index contributed by atoms with van der Waals surface area (Å²) >= 11 is 5.70. The van der Waals surface area contributed by atoms with Gasteiger partial charge in [-0.25, -0.2) is 19.2 Å². The molecule has 2 heterocycles. The van der Waals surface area contributed by atoms with E-state index in [2.05, 4.69) is 27.7 Å². The van der Waals surface area contributed by atoms with Crippen LogP contribution in [0, 0.1) is 0 Å². The number of ether oxygens (including phenoxy) is 8. The van der Waals surface area contributed by atoms with Crippen molar-refractivity contribution in [2.75, 3.05) is 52.9 Å². The van der Waals surface area contributed by atoms with Crippen molar-refractivity contribution in [1.82, 2.24) is 0 Å². The number of hydrogen-bond acceptors (Lipinski definition) is 16. The molecule has 0 aliphatic carbocycles. The fourth-order valence-electron chi connectivity index (χ4n) is 10.6. The van der Waals surface area contributed by atoms with Gasteiger partial charge in [0.1, 0.15) is 49.4 Å². The predicted molar refractivity (Wildman–Crippen MR) is 391 cm³/mol. The van der Waals surface area contributed by atoms with Crippen LogP contribution < -0.4 is 18.9 Å². The third-order valence-electron chi connectivity index (χ3n) is 16.4. The van der Waals surface area contributed by atoms with Gasteiger partial charge in [0.25, 0.3) is 0 Å². The molecule has 12 nitrogen and oxygen atoms in total. The van der Waals surface area contributed by atoms with Crippen molar-refractivity contribution in [3.63, 3.8) is 0 Å². The number of thioether (sulfide) groups is 4. The molecule has 4 aromatic carbocycles. The van der Waals surface area contributed by atoms with Gasteiger partial charge in [0.15, 0.2) is 0 Å². The molecule has 0 amide bonds. The number of carbonyl (C=O) groups excluding carboxylic acids is 4. The molecule has 0 N–H and O–H groups in total. The highest BCUT2D eigenvalue weighted by Gasteiger charge is 2.32. The number of hydrogen-bond donors (Lipinski definition) is 0. The summed E-state index contributed by atoms with van der Waals surface area (Å²) in [5, 5.41) is 0. The van der Waals surface area contributed by atoms with Crippen molar-refractivity contribution in [3.8, 4) is 23.0 Å². The summed E-state index contributed by atoms with van der Waals surface area (Å²) < 4.78 is 49.7. The van der Waals surface area contributed by atoms with Gasteiger partial charge in [-0.05, 0) is 123 Å². The summed E-state index contributed by atoms with van der Waals surface area (Å²) in [6.07, 6.45) is 38.9. The van der Waals surface area contributed by atoms with Crippen LogP contribution in [0.25, 0.3) is 0 Å². The Labute approximate surface area is 580 Å². The van der Waals surface area contributed by atoms with E-state index in [1.54, 1.807) is 97.1 Å². The Hall–Kier alpha value is -5.42. The Bertz CT molecular complexity index is 2500. The first-order chi connectivity index (χ1) is 46.2. The second-order valence-electron chi connectivity index (χ2n) is 24.4. The fourth-order valence-corrected chi connectivity index (χ4v) is 16.1. The molecule has 0 atom stereocenters. The van der Waals surface area contributed by atoms with Crippen LogP contribution in [-0.4, -0.2) is 76.7 Å². The van der Waals surface area contributed by atoms with E-state index in [1.165, 1.54) is 201 Å². The van der Waals surface area contributed by atoms with Crippen LogP contribution in [0.15, 0.2) is 125 Å². The number of esters is 4. The van der Waals surface area contributed by atoms with Crippen LogP contribution in [0.2, 0.25) is 0 Å². The molecule has 0 saturated heterocycles. The Balaban J connectivity index is 1.11. The number of carbonyl (C=O) groups is 4. The van der Waals surface area contributed by atoms with Gasteiger partial charge in [0.05, 0.1) is 57.2 Å². The molecule has 16 heteroatoms. The zero-order chi connectivity index (χ0) is 66.5. The Kier molecular flexibility index (Phi) is 39.9. The minimum Gasteiger partial charge on any atom is -0.494 e. The van der Waals surface area contributed by atoms with Crippen molar-refractivity contribution >= 4 is 70.9 Å². The van der Waals surface area contributed by atoms with Gasteiger partial charge in [-0.1, -0.05) is 255 Å². The molecule has 6 rings (SSSR count). The molecule has 516 valence electrons. The van der Waals surface area contributed by atoms with Crippen LogP contribution in [0.3, 0.4) is 0 Å². The molecule has 2 aliphatic heterocycles. The Morgan fingerprint density at radius 2 is 0.415 bits per heavy atom. The topological polar surface area (TPSA) is 142 Å². The largest absolute Gasteiger partial charge is 0.494 e. The minimum absolute atomic E-state index is 0.0779. The van der Waals surface area contributed by atoms with Crippen LogP contribution in [0.1, 0.15) is 275 Å². The van der Waals surface area contributed by atoms with Crippen LogP contribution in [-0.2, 0) is 18.9 Å². The van der Waals surface area contributed by atoms with Gasteiger partial charge >= 0.3 is 23.9 Å². The molecular weight excluding hydrogens is 1260 g/mol. The van der Waals surface area contributed by atoms with E-state index < -0.39 is 23.9 Å². The third-order valence-corrected chi connectivity index (χ3v) is 22.2. The SMILES string of the molecule is CCCCCCCCCCOc1ccc(C(=O)OCC2=C(COC(=O)c3ccc(OCCCCCCCCCC)cc3)SC(=C3SC(COC(=O)c4ccc(OCCCCCCCCCC)cc4)=C(COC(=O)c4ccc(OCCCCCCCCCC)cc4)S3)S2)cc1. The number of rotatable bonds is 52. The maximum Gasteiger partial charge on any atom is 0.338 e. The van der Waals surface area contributed by atoms with Gasteiger partial charge in [-0.15, -0.1) is 0 Å². The van der Waals surface area contributed by atoms with Crippen LogP contribution >= 0.6 is 47.0 Å². The zero-order valence-electron chi connectivity index (χ0n) is 57.1. The Morgan fingerprint density at radius 1 is 0.245 bits per heavy atom. The highest BCUT2D eigenvalue weighted by molar-refractivity contribution is 8.34. The van der Waals surface area contributed by atoms with E-state index >= 15 is 0 Å². The number of benzene rings is 4. The predicted octanol–water partition coefficient (Wildman–Crippen LogP) is 23.0. The summed E-state index contributed by atoms with van der Waals surface area (Å²) in [4.78, 5) is 57.6. The summed E-state index contributed by atoms with van der Waals surface area (Å²) in [6, 6.07) is 28.1. The van der Waals surface area contributed by atoms with E-state index in [4.69, 9.17) is 37.9 Å². The molecule has 0 unspecified atom stereocenters. The lowest BCUT2D eigenvalue weighted by Gasteiger charge is -2.10. The fraction of sp³-hybridized carbons (Fsp3) is 0.564. The van der Waals surface area contributed by atoms with Gasteiger partial charge in [0.2, 0.25) is 0 Å². The normalized spacial score (nSPS) is 13.0. The highest BCUT2D eigenvalue weighted by atomic mass is 32.2. The molecule has 0 bridgehead atoms. The second-order valence-corrected chi connectivity index (χ2v) is 29.3. The molecule has 0 saturated carbocycles. The lowest BCUT2D eigenvalue weighted by molar-refractivity contribution is 0.0523. The van der Waals surface area contributed by atoms with Crippen molar-refractivity contribution in [1.29, 1.82) is 0 Å². The first-order valence-corrected chi connectivity index (χ1v) is 38.9. The first kappa shape index (κ1) is 77.6. The smallest absolute Gasteiger partial charge is 0.338 e. The minimum atomic E-state index is -0.503.